The topological polar surface area (TPSA) is 103 Å². The summed E-state index contributed by atoms with van der Waals surface area (Å²) in [5.74, 6) is -0.331. The summed E-state index contributed by atoms with van der Waals surface area (Å²) in [5.41, 5.74) is 5.82. The van der Waals surface area contributed by atoms with Gasteiger partial charge >= 0.3 is 0 Å². The number of hydrogen-bond donors (Lipinski definition) is 2. The molecule has 2 amide bonds. The highest BCUT2D eigenvalue weighted by Gasteiger charge is 2.30. The number of nitrogens with one attached hydrogen (secondary N) is 1. The molecule has 1 heterocycles. The lowest BCUT2D eigenvalue weighted by molar-refractivity contribution is -0.129. The Balaban J connectivity index is 2.51. The maximum Gasteiger partial charge on any atom is 0.274 e. The third-order valence-electron chi connectivity index (χ3n) is 2.67. The minimum atomic E-state index is -1.26. The largest absolute Gasteiger partial charge is 0.493 e. The standard InChI is InChI=1S/C12H13N3O4/c1-18-7-5-3-4-6(9(7)19-2)10-14-11(16)8(13)12(17)15-10/h3-5,8H,13H2,1-2H3,(H,14,15,16,17). The van der Waals surface area contributed by atoms with Crippen molar-refractivity contribution in [1.29, 1.82) is 0 Å². The zero-order chi connectivity index (χ0) is 14.0. The van der Waals surface area contributed by atoms with Crippen LogP contribution in [0.2, 0.25) is 0 Å². The number of aliphatic imine (C=N–C) groups is 1. The molecule has 0 saturated heterocycles. The van der Waals surface area contributed by atoms with Gasteiger partial charge in [-0.05, 0) is 12.1 Å². The molecule has 0 aromatic heterocycles. The SMILES string of the molecule is COc1cccc(C2=NC(=O)C(N)C(=O)N2)c1OC. The Labute approximate surface area is 109 Å². The number of ether oxygens (including phenoxy) is 2. The first-order valence-corrected chi connectivity index (χ1v) is 5.48. The van der Waals surface area contributed by atoms with E-state index in [1.165, 1.54) is 14.2 Å². The van der Waals surface area contributed by atoms with Crippen molar-refractivity contribution in [2.45, 2.75) is 6.04 Å². The Morgan fingerprint density at radius 1 is 1.26 bits per heavy atom. The van der Waals surface area contributed by atoms with E-state index in [1.807, 2.05) is 0 Å². The molecule has 1 unspecified atom stereocenters. The van der Waals surface area contributed by atoms with Crippen LogP contribution in [0.15, 0.2) is 23.2 Å². The summed E-state index contributed by atoms with van der Waals surface area (Å²) < 4.78 is 10.4. The van der Waals surface area contributed by atoms with Gasteiger partial charge in [-0.3, -0.25) is 9.59 Å². The van der Waals surface area contributed by atoms with Crippen LogP contribution >= 0.6 is 0 Å². The van der Waals surface area contributed by atoms with Gasteiger partial charge in [-0.15, -0.1) is 0 Å². The molecule has 100 valence electrons. The Bertz CT molecular complexity index is 568. The number of rotatable bonds is 3. The summed E-state index contributed by atoms with van der Waals surface area (Å²) in [5, 5.41) is 2.47. The lowest BCUT2D eigenvalue weighted by atomic mass is 10.1. The molecule has 1 atom stereocenters. The van der Waals surface area contributed by atoms with Gasteiger partial charge in [0, 0.05) is 0 Å². The second-order valence-corrected chi connectivity index (χ2v) is 3.81. The fourth-order valence-corrected chi connectivity index (χ4v) is 1.72. The van der Waals surface area contributed by atoms with Crippen LogP contribution in [-0.2, 0) is 9.59 Å². The lowest BCUT2D eigenvalue weighted by Crippen LogP contribution is -2.52. The second kappa shape index (κ2) is 5.07. The number of amides is 2. The average Bonchev–Trinajstić information content (AvgIpc) is 2.43. The van der Waals surface area contributed by atoms with Crippen molar-refractivity contribution in [1.82, 2.24) is 5.32 Å². The van der Waals surface area contributed by atoms with E-state index < -0.39 is 17.9 Å². The van der Waals surface area contributed by atoms with Crippen molar-refractivity contribution >= 4 is 17.6 Å². The van der Waals surface area contributed by atoms with Gasteiger partial charge in [0.05, 0.1) is 19.8 Å². The average molecular weight is 263 g/mol. The molecule has 19 heavy (non-hydrogen) atoms. The van der Waals surface area contributed by atoms with Gasteiger partial charge in [0.15, 0.2) is 17.5 Å². The number of nitrogens with two attached hydrogens (primary N) is 1. The monoisotopic (exact) mass is 263 g/mol. The minimum Gasteiger partial charge on any atom is -0.493 e. The molecule has 3 N–H and O–H groups in total. The first kappa shape index (κ1) is 13.0. The van der Waals surface area contributed by atoms with E-state index in [2.05, 4.69) is 10.3 Å². The van der Waals surface area contributed by atoms with Gasteiger partial charge in [-0.25, -0.2) is 0 Å². The van der Waals surface area contributed by atoms with Crippen LogP contribution in [0.4, 0.5) is 0 Å². The van der Waals surface area contributed by atoms with Gasteiger partial charge in [0.25, 0.3) is 11.8 Å². The van der Waals surface area contributed by atoms with Crippen molar-refractivity contribution in [3.8, 4) is 11.5 Å². The van der Waals surface area contributed by atoms with Crippen LogP contribution in [0.3, 0.4) is 0 Å². The molecule has 0 saturated carbocycles. The Morgan fingerprint density at radius 2 is 2.00 bits per heavy atom. The minimum absolute atomic E-state index is 0.104. The summed E-state index contributed by atoms with van der Waals surface area (Å²) in [7, 11) is 2.95. The fourth-order valence-electron chi connectivity index (χ4n) is 1.72. The number of benzene rings is 1. The van der Waals surface area contributed by atoms with E-state index in [-0.39, 0.29) is 5.84 Å². The smallest absolute Gasteiger partial charge is 0.274 e. The summed E-state index contributed by atoms with van der Waals surface area (Å²) in [4.78, 5) is 26.8. The highest BCUT2D eigenvalue weighted by molar-refractivity contribution is 6.23. The molecule has 0 bridgehead atoms. The maximum absolute atomic E-state index is 11.5. The third-order valence-corrected chi connectivity index (χ3v) is 2.67. The van der Waals surface area contributed by atoms with Gasteiger partial charge in [-0.1, -0.05) is 6.07 Å². The normalized spacial score (nSPS) is 18.7. The number of carbonyl (C=O) groups excluding carboxylic acids is 2. The molecular weight excluding hydrogens is 250 g/mol. The molecule has 1 aliphatic rings. The van der Waals surface area contributed by atoms with Crippen molar-refractivity contribution in [3.63, 3.8) is 0 Å². The number of carbonyl (C=O) groups is 2. The molecule has 7 heteroatoms. The van der Waals surface area contributed by atoms with E-state index in [0.29, 0.717) is 17.1 Å². The van der Waals surface area contributed by atoms with Crippen LogP contribution in [0.5, 0.6) is 11.5 Å². The molecular formula is C12H13N3O4. The molecule has 1 aromatic carbocycles. The predicted molar refractivity (Wildman–Crippen MR) is 67.2 cm³/mol. The number of methoxy groups -OCH3 is 2. The van der Waals surface area contributed by atoms with Gasteiger partial charge in [-0.2, -0.15) is 4.99 Å². The molecule has 1 aromatic rings. The Hall–Kier alpha value is -2.41. The van der Waals surface area contributed by atoms with Crippen LogP contribution in [0, 0.1) is 0 Å². The molecule has 7 nitrogen and oxygen atoms in total. The zero-order valence-corrected chi connectivity index (χ0v) is 10.5. The number of amidine groups is 1. The van der Waals surface area contributed by atoms with Crippen LogP contribution in [0.1, 0.15) is 5.56 Å². The number of hydrogen-bond acceptors (Lipinski definition) is 5. The highest BCUT2D eigenvalue weighted by Crippen LogP contribution is 2.31. The molecule has 0 radical (unpaired) electrons. The van der Waals surface area contributed by atoms with Crippen LogP contribution in [-0.4, -0.2) is 37.9 Å². The lowest BCUT2D eigenvalue weighted by Gasteiger charge is -2.19. The van der Waals surface area contributed by atoms with Gasteiger partial charge in [0.1, 0.15) is 5.84 Å². The molecule has 2 rings (SSSR count). The van der Waals surface area contributed by atoms with Crippen molar-refractivity contribution in [2.24, 2.45) is 10.7 Å². The molecule has 0 aliphatic carbocycles. The van der Waals surface area contributed by atoms with E-state index in [1.54, 1.807) is 18.2 Å². The van der Waals surface area contributed by atoms with Gasteiger partial charge in [0.2, 0.25) is 0 Å². The third kappa shape index (κ3) is 2.27. The van der Waals surface area contributed by atoms with Crippen molar-refractivity contribution in [2.75, 3.05) is 14.2 Å². The summed E-state index contributed by atoms with van der Waals surface area (Å²) in [6.07, 6.45) is 0. The second-order valence-electron chi connectivity index (χ2n) is 3.81. The van der Waals surface area contributed by atoms with Gasteiger partial charge < -0.3 is 20.5 Å². The molecule has 1 aliphatic heterocycles. The van der Waals surface area contributed by atoms with Crippen LogP contribution in [0.25, 0.3) is 0 Å². The summed E-state index contributed by atoms with van der Waals surface area (Å²) in [6.45, 7) is 0. The van der Waals surface area contributed by atoms with E-state index in [4.69, 9.17) is 15.2 Å². The quantitative estimate of drug-likeness (QED) is 0.711. The van der Waals surface area contributed by atoms with Crippen molar-refractivity contribution < 1.29 is 19.1 Å². The first-order valence-electron chi connectivity index (χ1n) is 5.48. The van der Waals surface area contributed by atoms with Crippen LogP contribution < -0.4 is 20.5 Å². The zero-order valence-electron chi connectivity index (χ0n) is 10.5. The van der Waals surface area contributed by atoms with E-state index >= 15 is 0 Å². The highest BCUT2D eigenvalue weighted by atomic mass is 16.5. The molecule has 0 fully saturated rings. The molecule has 0 spiro atoms. The maximum atomic E-state index is 11.5. The van der Waals surface area contributed by atoms with E-state index in [9.17, 15) is 9.59 Å². The number of para-hydroxylation sites is 1. The summed E-state index contributed by atoms with van der Waals surface area (Å²) in [6, 6.07) is 3.79. The number of nitrogens with zero attached hydrogens (tertiary/aromatic N) is 1. The fraction of sp³-hybridized carbons (Fsp3) is 0.250. The summed E-state index contributed by atoms with van der Waals surface area (Å²) >= 11 is 0. The van der Waals surface area contributed by atoms with Crippen molar-refractivity contribution in [3.05, 3.63) is 23.8 Å². The Kier molecular flexibility index (Phi) is 3.48. The van der Waals surface area contributed by atoms with E-state index in [0.717, 1.165) is 0 Å². The Morgan fingerprint density at radius 3 is 2.58 bits per heavy atom. The predicted octanol–water partition coefficient (Wildman–Crippen LogP) is -0.566. The first-order chi connectivity index (χ1) is 9.08.